The van der Waals surface area contributed by atoms with Crippen molar-refractivity contribution >= 4 is 85.3 Å². The van der Waals surface area contributed by atoms with Crippen molar-refractivity contribution in [3.8, 4) is 11.5 Å². The first kappa shape index (κ1) is 36.3. The maximum atomic E-state index is 14.9. The number of nitrogens with one attached hydrogen (secondary N) is 2. The minimum atomic E-state index is -5.01. The number of hydrogen-bond acceptors (Lipinski definition) is 16. The molecule has 262 valence electrons. The van der Waals surface area contributed by atoms with E-state index < -0.39 is 38.5 Å². The zero-order valence-electron chi connectivity index (χ0n) is 25.9. The number of hydrogen-bond donors (Lipinski definition) is 6. The summed E-state index contributed by atoms with van der Waals surface area (Å²) in [6.07, 6.45) is -0.843. The number of halogens is 2. The fourth-order valence-electron chi connectivity index (χ4n) is 4.76. The van der Waals surface area contributed by atoms with E-state index in [1.165, 1.54) is 37.4 Å². The van der Waals surface area contributed by atoms with Crippen molar-refractivity contribution in [3.05, 3.63) is 77.6 Å². The molecule has 1 aliphatic heterocycles. The predicted molar refractivity (Wildman–Crippen MR) is 185 cm³/mol. The topological polar surface area (TPSA) is 219 Å². The molecule has 1 aliphatic rings. The van der Waals surface area contributed by atoms with Crippen LogP contribution in [0.2, 0.25) is 0 Å². The molecule has 0 saturated carbocycles. The fraction of sp³-hybridized carbons (Fsp3) is 0.133. The van der Waals surface area contributed by atoms with Crippen LogP contribution in [0.4, 0.5) is 32.8 Å². The van der Waals surface area contributed by atoms with Gasteiger partial charge in [0.25, 0.3) is 10.1 Å². The Bertz CT molecular complexity index is 2140. The van der Waals surface area contributed by atoms with Gasteiger partial charge in [0.05, 0.1) is 30.2 Å². The standard InChI is InChI=1S/C30H27ClFN7O9S2/c1-3-39(18-7-5-4-6-8-18)30-35-28(32)25(31)29(36-30)34-17-9-10-20(22(40)13-17)37-38-26-23(50(43,44)45)12-16-11-19(49-48-47-42)14-21(33-15-46-2)24(16)27(26)41/h4-15,28,34,40-42H,3H2,1-2H3,(H,35,36)(H,43,44,45). The Morgan fingerprint density at radius 2 is 1.88 bits per heavy atom. The number of aliphatic imine (C=N–C) groups is 2. The Balaban J connectivity index is 1.46. The molecule has 50 heavy (non-hydrogen) atoms. The molecule has 0 spiro atoms. The van der Waals surface area contributed by atoms with Gasteiger partial charge in [-0.2, -0.15) is 8.42 Å². The van der Waals surface area contributed by atoms with Gasteiger partial charge in [0, 0.05) is 28.9 Å². The third-order valence-electron chi connectivity index (χ3n) is 6.90. The largest absolute Gasteiger partial charge is 0.506 e. The first-order chi connectivity index (χ1) is 23.9. The molecule has 0 fully saturated rings. The highest BCUT2D eigenvalue weighted by atomic mass is 35.5. The fourth-order valence-corrected chi connectivity index (χ4v) is 6.00. The van der Waals surface area contributed by atoms with Crippen LogP contribution in [0.25, 0.3) is 10.8 Å². The molecule has 1 unspecified atom stereocenters. The molecule has 0 radical (unpaired) electrons. The van der Waals surface area contributed by atoms with Crippen LogP contribution in [-0.2, 0) is 24.2 Å². The highest BCUT2D eigenvalue weighted by molar-refractivity contribution is 7.94. The molecule has 4 aromatic carbocycles. The smallest absolute Gasteiger partial charge is 0.296 e. The summed E-state index contributed by atoms with van der Waals surface area (Å²) >= 11 is 6.77. The zero-order chi connectivity index (χ0) is 36.0. The average molecular weight is 748 g/mol. The molecule has 0 bridgehead atoms. The van der Waals surface area contributed by atoms with Gasteiger partial charge in [-0.15, -0.1) is 14.6 Å². The number of ether oxygens (including phenoxy) is 1. The first-order valence-corrected chi connectivity index (χ1v) is 16.7. The summed E-state index contributed by atoms with van der Waals surface area (Å²) in [6.45, 7) is 2.33. The van der Waals surface area contributed by atoms with Gasteiger partial charge in [-0.1, -0.05) is 34.8 Å². The number of aromatic hydroxyl groups is 2. The van der Waals surface area contributed by atoms with E-state index in [9.17, 15) is 27.6 Å². The van der Waals surface area contributed by atoms with Crippen molar-refractivity contribution in [1.29, 1.82) is 0 Å². The third kappa shape index (κ3) is 8.05. The predicted octanol–water partition coefficient (Wildman–Crippen LogP) is 7.25. The van der Waals surface area contributed by atoms with Gasteiger partial charge >= 0.3 is 0 Å². The van der Waals surface area contributed by atoms with E-state index in [-0.39, 0.29) is 49.5 Å². The average Bonchev–Trinajstić information content (AvgIpc) is 3.08. The number of fused-ring (bicyclic) bond motifs is 1. The summed E-state index contributed by atoms with van der Waals surface area (Å²) in [7, 11) is -3.68. The first-order valence-electron chi connectivity index (χ1n) is 14.2. The number of guanidine groups is 1. The molecule has 0 aromatic heterocycles. The number of phenolic OH excluding ortho intramolecular Hbond substituents is 2. The molecule has 1 atom stereocenters. The van der Waals surface area contributed by atoms with Crippen LogP contribution >= 0.6 is 23.6 Å². The van der Waals surface area contributed by atoms with Crippen LogP contribution in [0.3, 0.4) is 0 Å². The summed E-state index contributed by atoms with van der Waals surface area (Å²) in [6, 6.07) is 16.9. The van der Waals surface area contributed by atoms with Crippen LogP contribution in [0.1, 0.15) is 6.92 Å². The quantitative estimate of drug-likeness (QED) is 0.0123. The number of methoxy groups -OCH3 is 1. The molecular weight excluding hydrogens is 721 g/mol. The lowest BCUT2D eigenvalue weighted by atomic mass is 10.1. The highest BCUT2D eigenvalue weighted by Crippen LogP contribution is 2.47. The molecule has 0 amide bonds. The Kier molecular flexibility index (Phi) is 11.4. The Morgan fingerprint density at radius 3 is 2.54 bits per heavy atom. The Hall–Kier alpha value is -5.02. The lowest BCUT2D eigenvalue weighted by Gasteiger charge is -2.30. The number of para-hydroxylation sites is 1. The van der Waals surface area contributed by atoms with E-state index in [1.54, 1.807) is 4.90 Å². The number of alkyl halides is 1. The number of nitrogens with zero attached hydrogens (tertiary/aromatic N) is 5. The molecule has 5 rings (SSSR count). The molecule has 1 heterocycles. The summed E-state index contributed by atoms with van der Waals surface area (Å²) in [5.41, 5.74) is 0.203. The number of rotatable bonds is 12. The van der Waals surface area contributed by atoms with Crippen molar-refractivity contribution < 1.29 is 46.9 Å². The van der Waals surface area contributed by atoms with Crippen molar-refractivity contribution in [2.24, 2.45) is 20.2 Å². The van der Waals surface area contributed by atoms with Crippen molar-refractivity contribution in [2.75, 3.05) is 23.9 Å². The van der Waals surface area contributed by atoms with Crippen LogP contribution in [0, 0.1) is 0 Å². The van der Waals surface area contributed by atoms with Crippen LogP contribution in [-0.4, -0.2) is 60.8 Å². The molecule has 20 heteroatoms. The van der Waals surface area contributed by atoms with Gasteiger partial charge < -0.3 is 30.5 Å². The van der Waals surface area contributed by atoms with E-state index in [0.717, 1.165) is 18.2 Å². The second kappa shape index (κ2) is 15.7. The zero-order valence-corrected chi connectivity index (χ0v) is 28.2. The second-order valence-electron chi connectivity index (χ2n) is 10.0. The lowest BCUT2D eigenvalue weighted by Crippen LogP contribution is -2.45. The van der Waals surface area contributed by atoms with Gasteiger partial charge in [0.1, 0.15) is 32.9 Å². The normalized spacial score (nSPS) is 15.1. The van der Waals surface area contributed by atoms with E-state index in [4.69, 9.17) is 21.6 Å². The molecule has 0 aliphatic carbocycles. The maximum absolute atomic E-state index is 14.9. The number of phenols is 2. The molecule has 0 saturated heterocycles. The lowest BCUT2D eigenvalue weighted by molar-refractivity contribution is -0.432. The third-order valence-corrected chi connectivity index (χ3v) is 8.69. The molecular formula is C30H27ClFN7O9S2. The Morgan fingerprint density at radius 1 is 1.12 bits per heavy atom. The van der Waals surface area contributed by atoms with Crippen molar-refractivity contribution in [3.63, 3.8) is 0 Å². The summed E-state index contributed by atoms with van der Waals surface area (Å²) in [4.78, 5) is 9.26. The summed E-state index contributed by atoms with van der Waals surface area (Å²) in [5.74, 6) is -0.940. The van der Waals surface area contributed by atoms with Gasteiger partial charge in [-0.3, -0.25) is 4.55 Å². The number of benzene rings is 4. The SMILES string of the molecule is CCN(C1=NC(F)C(Cl)=C(Nc2ccc(N=Nc3c(S(=O)(=O)O)cc4cc(SOOO)cc(N=COC)c4c3O)c(O)c2)N1)c1ccccc1. The monoisotopic (exact) mass is 747 g/mol. The molecule has 16 nitrogen and oxygen atoms in total. The summed E-state index contributed by atoms with van der Waals surface area (Å²) in [5, 5.41) is 47.5. The van der Waals surface area contributed by atoms with Gasteiger partial charge in [-0.25, -0.2) is 19.6 Å². The highest BCUT2D eigenvalue weighted by Gasteiger charge is 2.27. The van der Waals surface area contributed by atoms with E-state index in [1.807, 2.05) is 37.3 Å². The molecule has 4 aromatic rings. The van der Waals surface area contributed by atoms with Crippen LogP contribution < -0.4 is 15.5 Å². The van der Waals surface area contributed by atoms with Crippen LogP contribution in [0.15, 0.2) is 108 Å². The van der Waals surface area contributed by atoms with Crippen molar-refractivity contribution in [2.45, 2.75) is 23.0 Å². The van der Waals surface area contributed by atoms with Gasteiger partial charge in [0.15, 0.2) is 12.2 Å². The number of azo groups is 1. The summed E-state index contributed by atoms with van der Waals surface area (Å²) < 4.78 is 59.0. The van der Waals surface area contributed by atoms with E-state index in [2.05, 4.69) is 40.2 Å². The second-order valence-corrected chi connectivity index (χ2v) is 12.6. The Labute approximate surface area is 293 Å². The minimum Gasteiger partial charge on any atom is -0.506 e. The maximum Gasteiger partial charge on any atom is 0.296 e. The van der Waals surface area contributed by atoms with E-state index >= 15 is 0 Å². The van der Waals surface area contributed by atoms with Crippen LogP contribution in [0.5, 0.6) is 11.5 Å². The van der Waals surface area contributed by atoms with Gasteiger partial charge in [0.2, 0.25) is 12.3 Å². The van der Waals surface area contributed by atoms with Crippen molar-refractivity contribution in [1.82, 2.24) is 5.32 Å². The van der Waals surface area contributed by atoms with E-state index in [0.29, 0.717) is 18.6 Å². The van der Waals surface area contributed by atoms with Gasteiger partial charge in [-0.05, 0) is 54.8 Å². The minimum absolute atomic E-state index is 0.0224. The number of anilines is 2. The molecule has 6 N–H and O–H groups in total.